The molecule has 0 heterocycles. The lowest BCUT2D eigenvalue weighted by molar-refractivity contribution is 0.180. The molecule has 0 aliphatic heterocycles. The molecule has 5 nitrogen and oxygen atoms in total. The summed E-state index contributed by atoms with van der Waals surface area (Å²) in [7, 11) is 5.74. The van der Waals surface area contributed by atoms with Gasteiger partial charge in [-0.1, -0.05) is 30.3 Å². The summed E-state index contributed by atoms with van der Waals surface area (Å²) in [4.78, 5) is 6.67. The molecule has 0 radical (unpaired) electrons. The van der Waals surface area contributed by atoms with Gasteiger partial charge in [-0.25, -0.2) is 0 Å². The van der Waals surface area contributed by atoms with Crippen LogP contribution in [0.5, 0.6) is 0 Å². The standard InChI is InChI=1S/C20H34N4O.HI/c1-21-19(22-12-14-24(2)13-7-15-25-3)23-17-20(10-11-20)16-18-8-5-4-6-9-18;/h4-6,8-9H,7,10-17H2,1-3H3,(H2,21,22,23);1H. The van der Waals surface area contributed by atoms with Gasteiger partial charge in [-0.05, 0) is 43.7 Å². The molecule has 1 aromatic rings. The van der Waals surface area contributed by atoms with E-state index in [1.807, 2.05) is 7.05 Å². The Labute approximate surface area is 176 Å². The number of likely N-dealkylation sites (N-methyl/N-ethyl adjacent to an activating group) is 1. The first-order chi connectivity index (χ1) is 12.2. The molecule has 0 unspecified atom stereocenters. The maximum absolute atomic E-state index is 5.09. The molecule has 6 heteroatoms. The van der Waals surface area contributed by atoms with Crippen molar-refractivity contribution in [3.05, 3.63) is 35.9 Å². The largest absolute Gasteiger partial charge is 0.385 e. The summed E-state index contributed by atoms with van der Waals surface area (Å²) in [6.45, 7) is 4.77. The number of hydrogen-bond donors (Lipinski definition) is 2. The number of ether oxygens (including phenoxy) is 1. The fourth-order valence-electron chi connectivity index (χ4n) is 3.07. The van der Waals surface area contributed by atoms with Crippen molar-refractivity contribution in [2.75, 3.05) is 54.0 Å². The number of halogens is 1. The van der Waals surface area contributed by atoms with Crippen LogP contribution in [-0.4, -0.2) is 64.9 Å². The molecule has 0 atom stereocenters. The third-order valence-electron chi connectivity index (χ3n) is 4.91. The maximum Gasteiger partial charge on any atom is 0.191 e. The zero-order valence-corrected chi connectivity index (χ0v) is 18.8. The zero-order valence-electron chi connectivity index (χ0n) is 16.5. The number of aliphatic imine (C=N–C) groups is 1. The molecule has 2 N–H and O–H groups in total. The highest BCUT2D eigenvalue weighted by Gasteiger charge is 2.42. The van der Waals surface area contributed by atoms with Crippen molar-refractivity contribution in [2.24, 2.45) is 10.4 Å². The summed E-state index contributed by atoms with van der Waals surface area (Å²) in [5, 5.41) is 6.94. The van der Waals surface area contributed by atoms with E-state index in [1.54, 1.807) is 7.11 Å². The molecule has 0 amide bonds. The van der Waals surface area contributed by atoms with E-state index in [2.05, 4.69) is 57.9 Å². The first kappa shape index (κ1) is 23.2. The zero-order chi connectivity index (χ0) is 18.0. The third-order valence-corrected chi connectivity index (χ3v) is 4.91. The lowest BCUT2D eigenvalue weighted by Gasteiger charge is -2.20. The fraction of sp³-hybridized carbons (Fsp3) is 0.650. The number of rotatable bonds is 11. The van der Waals surface area contributed by atoms with Crippen molar-refractivity contribution in [3.63, 3.8) is 0 Å². The number of nitrogens with one attached hydrogen (secondary N) is 2. The van der Waals surface area contributed by atoms with Gasteiger partial charge in [-0.2, -0.15) is 0 Å². The summed E-state index contributed by atoms with van der Waals surface area (Å²) in [5.41, 5.74) is 1.85. The molecule has 148 valence electrons. The van der Waals surface area contributed by atoms with Crippen molar-refractivity contribution in [3.8, 4) is 0 Å². The molecule has 2 rings (SSSR count). The predicted octanol–water partition coefficient (Wildman–Crippen LogP) is 2.76. The minimum atomic E-state index is 0. The fourth-order valence-corrected chi connectivity index (χ4v) is 3.07. The molecule has 0 saturated heterocycles. The van der Waals surface area contributed by atoms with Gasteiger partial charge in [0.15, 0.2) is 5.96 Å². The third kappa shape index (κ3) is 8.68. The molecule has 1 fully saturated rings. The highest BCUT2D eigenvalue weighted by molar-refractivity contribution is 14.0. The van der Waals surface area contributed by atoms with E-state index in [4.69, 9.17) is 4.74 Å². The van der Waals surface area contributed by atoms with Crippen LogP contribution in [0.3, 0.4) is 0 Å². The van der Waals surface area contributed by atoms with Crippen molar-refractivity contribution >= 4 is 29.9 Å². The van der Waals surface area contributed by atoms with Crippen LogP contribution in [0.2, 0.25) is 0 Å². The topological polar surface area (TPSA) is 48.9 Å². The second-order valence-electron chi connectivity index (χ2n) is 7.16. The van der Waals surface area contributed by atoms with Crippen LogP contribution in [0.25, 0.3) is 0 Å². The average Bonchev–Trinajstić information content (AvgIpc) is 3.38. The molecular weight excluding hydrogens is 439 g/mol. The Kier molecular flexibility index (Phi) is 11.2. The number of nitrogens with zero attached hydrogens (tertiary/aromatic N) is 2. The van der Waals surface area contributed by atoms with Crippen molar-refractivity contribution < 1.29 is 4.74 Å². The lowest BCUT2D eigenvalue weighted by atomic mass is 9.96. The smallest absolute Gasteiger partial charge is 0.191 e. The SMILES string of the molecule is CN=C(NCCN(C)CCCOC)NCC1(Cc2ccccc2)CC1.I. The summed E-state index contributed by atoms with van der Waals surface area (Å²) in [6, 6.07) is 10.8. The molecule has 1 aliphatic rings. The van der Waals surface area contributed by atoms with Crippen LogP contribution in [-0.2, 0) is 11.2 Å². The van der Waals surface area contributed by atoms with E-state index in [1.165, 1.54) is 18.4 Å². The molecule has 26 heavy (non-hydrogen) atoms. The van der Waals surface area contributed by atoms with E-state index in [0.717, 1.165) is 51.6 Å². The van der Waals surface area contributed by atoms with Crippen LogP contribution < -0.4 is 10.6 Å². The number of benzene rings is 1. The molecule has 0 aromatic heterocycles. The summed E-state index contributed by atoms with van der Waals surface area (Å²) < 4.78 is 5.09. The van der Waals surface area contributed by atoms with Crippen molar-refractivity contribution in [2.45, 2.75) is 25.7 Å². The summed E-state index contributed by atoms with van der Waals surface area (Å²) >= 11 is 0. The average molecular weight is 474 g/mol. The summed E-state index contributed by atoms with van der Waals surface area (Å²) in [5.74, 6) is 0.907. The highest BCUT2D eigenvalue weighted by Crippen LogP contribution is 2.47. The quantitative estimate of drug-likeness (QED) is 0.224. The first-order valence-corrected chi connectivity index (χ1v) is 9.33. The van der Waals surface area contributed by atoms with Crippen molar-refractivity contribution in [1.29, 1.82) is 0 Å². The van der Waals surface area contributed by atoms with E-state index < -0.39 is 0 Å². The lowest BCUT2D eigenvalue weighted by Crippen LogP contribution is -2.43. The van der Waals surface area contributed by atoms with E-state index in [9.17, 15) is 0 Å². The second kappa shape index (κ2) is 12.5. The maximum atomic E-state index is 5.09. The van der Waals surface area contributed by atoms with Gasteiger partial charge in [0, 0.05) is 46.9 Å². The number of hydrogen-bond acceptors (Lipinski definition) is 3. The number of guanidine groups is 1. The van der Waals surface area contributed by atoms with Crippen LogP contribution in [0.1, 0.15) is 24.8 Å². The van der Waals surface area contributed by atoms with Crippen LogP contribution in [0.4, 0.5) is 0 Å². The molecule has 1 aliphatic carbocycles. The van der Waals surface area contributed by atoms with Crippen LogP contribution in [0.15, 0.2) is 35.3 Å². The second-order valence-corrected chi connectivity index (χ2v) is 7.16. The molecule has 0 spiro atoms. The monoisotopic (exact) mass is 474 g/mol. The van der Waals surface area contributed by atoms with Gasteiger partial charge in [0.2, 0.25) is 0 Å². The Balaban J connectivity index is 0.00000338. The van der Waals surface area contributed by atoms with Crippen LogP contribution in [0, 0.1) is 5.41 Å². The van der Waals surface area contributed by atoms with Gasteiger partial charge < -0.3 is 20.3 Å². The van der Waals surface area contributed by atoms with Gasteiger partial charge in [0.1, 0.15) is 0 Å². The Bertz CT molecular complexity index is 520. The van der Waals surface area contributed by atoms with E-state index in [0.29, 0.717) is 5.41 Å². The summed E-state index contributed by atoms with van der Waals surface area (Å²) in [6.07, 6.45) is 4.82. The van der Waals surface area contributed by atoms with Gasteiger partial charge >= 0.3 is 0 Å². The molecule has 1 aromatic carbocycles. The van der Waals surface area contributed by atoms with Gasteiger partial charge in [0.05, 0.1) is 0 Å². The minimum Gasteiger partial charge on any atom is -0.385 e. The Morgan fingerprint density at radius 3 is 2.54 bits per heavy atom. The number of methoxy groups -OCH3 is 1. The van der Waals surface area contributed by atoms with E-state index in [-0.39, 0.29) is 24.0 Å². The van der Waals surface area contributed by atoms with E-state index >= 15 is 0 Å². The van der Waals surface area contributed by atoms with Crippen molar-refractivity contribution in [1.82, 2.24) is 15.5 Å². The van der Waals surface area contributed by atoms with Gasteiger partial charge in [-0.3, -0.25) is 4.99 Å². The normalized spacial score (nSPS) is 15.5. The molecule has 0 bridgehead atoms. The molecular formula is C20H35IN4O. The minimum absolute atomic E-state index is 0. The van der Waals surface area contributed by atoms with Crippen LogP contribution >= 0.6 is 24.0 Å². The molecule has 1 saturated carbocycles. The predicted molar refractivity (Wildman–Crippen MR) is 121 cm³/mol. The van der Waals surface area contributed by atoms with Gasteiger partial charge in [-0.15, -0.1) is 24.0 Å². The Morgan fingerprint density at radius 1 is 1.19 bits per heavy atom. The highest BCUT2D eigenvalue weighted by atomic mass is 127. The van der Waals surface area contributed by atoms with Gasteiger partial charge in [0.25, 0.3) is 0 Å². The first-order valence-electron chi connectivity index (χ1n) is 9.33. The Hall–Kier alpha value is -0.860. The Morgan fingerprint density at radius 2 is 1.92 bits per heavy atom.